The van der Waals surface area contributed by atoms with Crippen LogP contribution in [0.5, 0.6) is 0 Å². The van der Waals surface area contributed by atoms with Gasteiger partial charge in [0.05, 0.1) is 4.88 Å². The smallest absolute Gasteiger partial charge is 0.263 e. The molecule has 3 rings (SSSR count). The first-order chi connectivity index (χ1) is 11.0. The van der Waals surface area contributed by atoms with Crippen LogP contribution in [0.1, 0.15) is 42.8 Å². The molecule has 0 aromatic carbocycles. The number of piperidine rings is 2. The Morgan fingerprint density at radius 1 is 1.09 bits per heavy atom. The third kappa shape index (κ3) is 3.77. The Kier molecular flexibility index (Phi) is 5.05. The SMILES string of the molecule is C[C@@H]1C[C@@H](C)CN(C(=O)C2CCN(C(=O)c3cccs3)CC2)C1. The van der Waals surface area contributed by atoms with E-state index in [1.54, 1.807) is 0 Å². The van der Waals surface area contributed by atoms with Gasteiger partial charge in [-0.1, -0.05) is 19.9 Å². The van der Waals surface area contributed by atoms with Crippen molar-refractivity contribution in [2.75, 3.05) is 26.2 Å². The molecular weight excluding hydrogens is 308 g/mol. The van der Waals surface area contributed by atoms with E-state index in [2.05, 4.69) is 18.7 Å². The second kappa shape index (κ2) is 7.04. The molecule has 0 saturated carbocycles. The summed E-state index contributed by atoms with van der Waals surface area (Å²) in [6.45, 7) is 7.67. The van der Waals surface area contributed by atoms with Crippen molar-refractivity contribution in [3.05, 3.63) is 22.4 Å². The molecule has 2 amide bonds. The topological polar surface area (TPSA) is 40.6 Å². The third-order valence-electron chi connectivity index (χ3n) is 5.04. The first kappa shape index (κ1) is 16.5. The van der Waals surface area contributed by atoms with E-state index in [4.69, 9.17) is 0 Å². The minimum Gasteiger partial charge on any atom is -0.342 e. The van der Waals surface area contributed by atoms with Gasteiger partial charge in [-0.05, 0) is 42.5 Å². The first-order valence-electron chi connectivity index (χ1n) is 8.66. The quantitative estimate of drug-likeness (QED) is 0.834. The fourth-order valence-corrected chi connectivity index (χ4v) is 4.68. The van der Waals surface area contributed by atoms with E-state index in [9.17, 15) is 9.59 Å². The van der Waals surface area contributed by atoms with Gasteiger partial charge in [0.2, 0.25) is 5.91 Å². The highest BCUT2D eigenvalue weighted by Crippen LogP contribution is 2.26. The van der Waals surface area contributed by atoms with Gasteiger partial charge in [-0.3, -0.25) is 9.59 Å². The number of nitrogens with zero attached hydrogens (tertiary/aromatic N) is 2. The average molecular weight is 334 g/mol. The van der Waals surface area contributed by atoms with Gasteiger partial charge in [0.25, 0.3) is 5.91 Å². The van der Waals surface area contributed by atoms with Crippen molar-refractivity contribution in [2.45, 2.75) is 33.1 Å². The van der Waals surface area contributed by atoms with Crippen molar-refractivity contribution in [2.24, 2.45) is 17.8 Å². The van der Waals surface area contributed by atoms with Gasteiger partial charge < -0.3 is 9.80 Å². The second-order valence-corrected chi connectivity index (χ2v) is 8.18. The molecule has 3 heterocycles. The molecule has 0 N–H and O–H groups in total. The molecule has 0 radical (unpaired) electrons. The van der Waals surface area contributed by atoms with E-state index in [1.165, 1.54) is 17.8 Å². The van der Waals surface area contributed by atoms with Crippen LogP contribution in [0.3, 0.4) is 0 Å². The predicted molar refractivity (Wildman–Crippen MR) is 92.5 cm³/mol. The van der Waals surface area contributed by atoms with Crippen molar-refractivity contribution >= 4 is 23.2 Å². The minimum atomic E-state index is 0.0971. The lowest BCUT2D eigenvalue weighted by Gasteiger charge is -2.39. The summed E-state index contributed by atoms with van der Waals surface area (Å²) in [5.41, 5.74) is 0. The van der Waals surface area contributed by atoms with Gasteiger partial charge in [-0.15, -0.1) is 11.3 Å². The molecule has 0 bridgehead atoms. The maximum Gasteiger partial charge on any atom is 0.263 e. The molecular formula is C18H26N2O2S. The summed E-state index contributed by atoms with van der Waals surface area (Å²) in [6.07, 6.45) is 2.82. The molecule has 5 heteroatoms. The van der Waals surface area contributed by atoms with Crippen molar-refractivity contribution in [3.8, 4) is 0 Å². The normalized spacial score (nSPS) is 26.3. The lowest BCUT2D eigenvalue weighted by molar-refractivity contribution is -0.139. The van der Waals surface area contributed by atoms with E-state index < -0.39 is 0 Å². The Morgan fingerprint density at radius 3 is 2.30 bits per heavy atom. The number of hydrogen-bond acceptors (Lipinski definition) is 3. The van der Waals surface area contributed by atoms with Crippen LogP contribution >= 0.6 is 11.3 Å². The number of likely N-dealkylation sites (tertiary alicyclic amines) is 2. The van der Waals surface area contributed by atoms with E-state index in [0.29, 0.717) is 30.8 Å². The number of amides is 2. The fourth-order valence-electron chi connectivity index (χ4n) is 3.99. The monoisotopic (exact) mass is 334 g/mol. The zero-order valence-electron chi connectivity index (χ0n) is 14.0. The highest BCUT2D eigenvalue weighted by molar-refractivity contribution is 7.12. The van der Waals surface area contributed by atoms with Gasteiger partial charge >= 0.3 is 0 Å². The number of hydrogen-bond donors (Lipinski definition) is 0. The summed E-state index contributed by atoms with van der Waals surface area (Å²) in [5.74, 6) is 1.73. The Labute approximate surface area is 142 Å². The number of carbonyl (C=O) groups is 2. The molecule has 0 unspecified atom stereocenters. The van der Waals surface area contributed by atoms with Gasteiger partial charge in [0, 0.05) is 32.1 Å². The van der Waals surface area contributed by atoms with Crippen LogP contribution in [0.2, 0.25) is 0 Å². The van der Waals surface area contributed by atoms with E-state index >= 15 is 0 Å². The van der Waals surface area contributed by atoms with Crippen LogP contribution < -0.4 is 0 Å². The van der Waals surface area contributed by atoms with Crippen LogP contribution in [0.15, 0.2) is 17.5 Å². The Morgan fingerprint density at radius 2 is 1.74 bits per heavy atom. The first-order valence-corrected chi connectivity index (χ1v) is 9.54. The maximum absolute atomic E-state index is 12.8. The molecule has 4 nitrogen and oxygen atoms in total. The van der Waals surface area contributed by atoms with Crippen molar-refractivity contribution in [3.63, 3.8) is 0 Å². The standard InChI is InChI=1S/C18H26N2O2S/c1-13-10-14(2)12-20(11-13)17(21)15-5-7-19(8-6-15)18(22)16-4-3-9-23-16/h3-4,9,13-15H,5-8,10-12H2,1-2H3/t13-,14-/m1/s1. The van der Waals surface area contributed by atoms with E-state index in [1.807, 2.05) is 22.4 Å². The molecule has 2 atom stereocenters. The highest BCUT2D eigenvalue weighted by atomic mass is 32.1. The third-order valence-corrected chi connectivity index (χ3v) is 5.90. The average Bonchev–Trinajstić information content (AvgIpc) is 3.07. The van der Waals surface area contributed by atoms with Gasteiger partial charge in [0.1, 0.15) is 0 Å². The highest BCUT2D eigenvalue weighted by Gasteiger charge is 2.33. The molecule has 0 aliphatic carbocycles. The van der Waals surface area contributed by atoms with Crippen LogP contribution in [-0.2, 0) is 4.79 Å². The molecule has 1 aromatic rings. The largest absolute Gasteiger partial charge is 0.342 e. The summed E-state index contributed by atoms with van der Waals surface area (Å²) in [4.78, 5) is 29.9. The van der Waals surface area contributed by atoms with Crippen molar-refractivity contribution in [1.29, 1.82) is 0 Å². The van der Waals surface area contributed by atoms with Gasteiger partial charge in [-0.2, -0.15) is 0 Å². The van der Waals surface area contributed by atoms with E-state index in [-0.39, 0.29) is 11.8 Å². The Balaban J connectivity index is 1.54. The number of carbonyl (C=O) groups excluding carboxylic acids is 2. The zero-order chi connectivity index (χ0) is 16.4. The molecule has 2 aliphatic rings. The molecule has 2 fully saturated rings. The van der Waals surface area contributed by atoms with Crippen molar-refractivity contribution < 1.29 is 9.59 Å². The van der Waals surface area contributed by atoms with Gasteiger partial charge in [0.15, 0.2) is 0 Å². The van der Waals surface area contributed by atoms with Crippen LogP contribution in [-0.4, -0.2) is 47.8 Å². The summed E-state index contributed by atoms with van der Waals surface area (Å²) in [5, 5.41) is 1.93. The molecule has 126 valence electrons. The van der Waals surface area contributed by atoms with Crippen LogP contribution in [0.25, 0.3) is 0 Å². The van der Waals surface area contributed by atoms with E-state index in [0.717, 1.165) is 30.8 Å². The zero-order valence-corrected chi connectivity index (χ0v) is 14.8. The lowest BCUT2D eigenvalue weighted by atomic mass is 9.89. The second-order valence-electron chi connectivity index (χ2n) is 7.23. The summed E-state index contributed by atoms with van der Waals surface area (Å²) < 4.78 is 0. The minimum absolute atomic E-state index is 0.0971. The molecule has 1 aromatic heterocycles. The summed E-state index contributed by atoms with van der Waals surface area (Å²) in [7, 11) is 0. The lowest BCUT2D eigenvalue weighted by Crippen LogP contribution is -2.48. The van der Waals surface area contributed by atoms with Crippen LogP contribution in [0.4, 0.5) is 0 Å². The molecule has 2 saturated heterocycles. The number of thiophene rings is 1. The fraction of sp³-hybridized carbons (Fsp3) is 0.667. The summed E-state index contributed by atoms with van der Waals surface area (Å²) in [6, 6.07) is 3.79. The Hall–Kier alpha value is -1.36. The molecule has 0 spiro atoms. The Bertz CT molecular complexity index is 539. The predicted octanol–water partition coefficient (Wildman–Crippen LogP) is 3.10. The summed E-state index contributed by atoms with van der Waals surface area (Å²) >= 11 is 1.49. The maximum atomic E-state index is 12.8. The van der Waals surface area contributed by atoms with Gasteiger partial charge in [-0.25, -0.2) is 0 Å². The number of rotatable bonds is 2. The molecule has 2 aliphatic heterocycles. The van der Waals surface area contributed by atoms with Crippen molar-refractivity contribution in [1.82, 2.24) is 9.80 Å². The molecule has 23 heavy (non-hydrogen) atoms. The van der Waals surface area contributed by atoms with Crippen LogP contribution in [0, 0.1) is 17.8 Å².